The molecule has 1 aromatic carbocycles. The van der Waals surface area contributed by atoms with Crippen LogP contribution in [0.1, 0.15) is 25.3 Å². The molecular formula is C16H27N3O. The minimum absolute atomic E-state index is 0.699. The summed E-state index contributed by atoms with van der Waals surface area (Å²) < 4.78 is 5.19. The normalized spacial score (nSPS) is 19.7. The summed E-state index contributed by atoms with van der Waals surface area (Å²) in [5, 5.41) is 0. The summed E-state index contributed by atoms with van der Waals surface area (Å²) in [5.41, 5.74) is 8.08. The van der Waals surface area contributed by atoms with Crippen molar-refractivity contribution < 1.29 is 4.74 Å². The van der Waals surface area contributed by atoms with Gasteiger partial charge in [0.2, 0.25) is 0 Å². The molecule has 0 saturated carbocycles. The van der Waals surface area contributed by atoms with Crippen LogP contribution in [-0.4, -0.2) is 49.6 Å². The summed E-state index contributed by atoms with van der Waals surface area (Å²) in [4.78, 5) is 4.95. The van der Waals surface area contributed by atoms with E-state index in [2.05, 4.69) is 29.8 Å². The van der Waals surface area contributed by atoms with E-state index in [0.717, 1.165) is 31.1 Å². The van der Waals surface area contributed by atoms with Gasteiger partial charge in [0.25, 0.3) is 0 Å². The first-order valence-electron chi connectivity index (χ1n) is 7.49. The minimum Gasteiger partial charge on any atom is -0.497 e. The Balaban J connectivity index is 1.92. The molecule has 0 aromatic heterocycles. The fourth-order valence-electron chi connectivity index (χ4n) is 3.08. The summed E-state index contributed by atoms with van der Waals surface area (Å²) in [7, 11) is 3.84. The van der Waals surface area contributed by atoms with Gasteiger partial charge in [-0.15, -0.1) is 0 Å². The molecule has 1 unspecified atom stereocenters. The van der Waals surface area contributed by atoms with Gasteiger partial charge in [-0.05, 0) is 44.6 Å². The molecule has 0 bridgehead atoms. The zero-order valence-electron chi connectivity index (χ0n) is 12.9. The van der Waals surface area contributed by atoms with E-state index in [-0.39, 0.29) is 0 Å². The van der Waals surface area contributed by atoms with Crippen LogP contribution in [0.4, 0.5) is 5.69 Å². The fourth-order valence-corrected chi connectivity index (χ4v) is 3.08. The van der Waals surface area contributed by atoms with E-state index in [1.54, 1.807) is 7.11 Å². The highest BCUT2D eigenvalue weighted by Gasteiger charge is 2.24. The van der Waals surface area contributed by atoms with Crippen LogP contribution in [0.25, 0.3) is 0 Å². The Kier molecular flexibility index (Phi) is 5.26. The quantitative estimate of drug-likeness (QED) is 0.809. The number of nitrogens with zero attached hydrogens (tertiary/aromatic N) is 2. The van der Waals surface area contributed by atoms with E-state index < -0.39 is 0 Å². The molecule has 20 heavy (non-hydrogen) atoms. The number of hydrogen-bond donors (Lipinski definition) is 1. The van der Waals surface area contributed by atoms with Crippen molar-refractivity contribution in [3.8, 4) is 5.75 Å². The van der Waals surface area contributed by atoms with Crippen molar-refractivity contribution in [2.24, 2.45) is 0 Å². The van der Waals surface area contributed by atoms with Crippen molar-refractivity contribution in [1.82, 2.24) is 9.80 Å². The average molecular weight is 277 g/mol. The van der Waals surface area contributed by atoms with Crippen molar-refractivity contribution in [2.45, 2.75) is 32.4 Å². The van der Waals surface area contributed by atoms with E-state index in [1.165, 1.54) is 24.9 Å². The average Bonchev–Trinajstić information content (AvgIpc) is 2.88. The first-order valence-corrected chi connectivity index (χ1v) is 7.49. The van der Waals surface area contributed by atoms with Gasteiger partial charge in [0.15, 0.2) is 0 Å². The van der Waals surface area contributed by atoms with Crippen LogP contribution < -0.4 is 10.5 Å². The molecule has 2 rings (SSSR count). The Bertz CT molecular complexity index is 436. The topological polar surface area (TPSA) is 41.7 Å². The highest BCUT2D eigenvalue weighted by atomic mass is 16.5. The standard InChI is InChI=1S/C16H27N3O/c1-4-19-9-5-6-14(19)12-18(2)11-13-7-8-15(20-3)10-16(13)17/h7-8,10,14H,4-6,9,11-12,17H2,1-3H3. The van der Waals surface area contributed by atoms with Crippen LogP contribution in [0.3, 0.4) is 0 Å². The summed E-state index contributed by atoms with van der Waals surface area (Å²) in [6.45, 7) is 6.66. The molecule has 0 radical (unpaired) electrons. The molecule has 112 valence electrons. The van der Waals surface area contributed by atoms with Crippen molar-refractivity contribution in [3.63, 3.8) is 0 Å². The zero-order chi connectivity index (χ0) is 14.5. The summed E-state index contributed by atoms with van der Waals surface area (Å²) in [6.07, 6.45) is 2.65. The molecule has 1 aromatic rings. The lowest BCUT2D eigenvalue weighted by Gasteiger charge is -2.28. The summed E-state index contributed by atoms with van der Waals surface area (Å²) in [5.74, 6) is 0.821. The van der Waals surface area contributed by atoms with Gasteiger partial charge in [-0.1, -0.05) is 13.0 Å². The first-order chi connectivity index (χ1) is 9.63. The Labute approximate surface area is 122 Å². The lowest BCUT2D eigenvalue weighted by molar-refractivity contribution is 0.195. The summed E-state index contributed by atoms with van der Waals surface area (Å²) >= 11 is 0. The Morgan fingerprint density at radius 3 is 2.90 bits per heavy atom. The third-order valence-corrected chi connectivity index (χ3v) is 4.22. The third-order valence-electron chi connectivity index (χ3n) is 4.22. The molecule has 2 N–H and O–H groups in total. The first kappa shape index (κ1) is 15.1. The Hall–Kier alpha value is -1.26. The van der Waals surface area contributed by atoms with Gasteiger partial charge in [0.05, 0.1) is 7.11 Å². The summed E-state index contributed by atoms with van der Waals surface area (Å²) in [6, 6.07) is 6.64. The second-order valence-electron chi connectivity index (χ2n) is 5.69. The maximum absolute atomic E-state index is 6.09. The Morgan fingerprint density at radius 2 is 2.25 bits per heavy atom. The lowest BCUT2D eigenvalue weighted by atomic mass is 10.1. The van der Waals surface area contributed by atoms with Crippen LogP contribution in [0, 0.1) is 0 Å². The second kappa shape index (κ2) is 6.95. The van der Waals surface area contributed by atoms with Gasteiger partial charge in [-0.25, -0.2) is 0 Å². The van der Waals surface area contributed by atoms with E-state index in [9.17, 15) is 0 Å². The van der Waals surface area contributed by atoms with Crippen LogP contribution >= 0.6 is 0 Å². The van der Waals surface area contributed by atoms with Crippen molar-refractivity contribution in [3.05, 3.63) is 23.8 Å². The molecule has 1 saturated heterocycles. The van der Waals surface area contributed by atoms with Crippen LogP contribution in [0.2, 0.25) is 0 Å². The molecule has 4 nitrogen and oxygen atoms in total. The molecule has 1 aliphatic heterocycles. The van der Waals surface area contributed by atoms with Crippen molar-refractivity contribution in [1.29, 1.82) is 0 Å². The molecule has 0 amide bonds. The van der Waals surface area contributed by atoms with Crippen molar-refractivity contribution >= 4 is 5.69 Å². The molecule has 1 heterocycles. The van der Waals surface area contributed by atoms with Gasteiger partial charge < -0.3 is 15.4 Å². The molecule has 0 spiro atoms. The number of ether oxygens (including phenoxy) is 1. The monoisotopic (exact) mass is 277 g/mol. The van der Waals surface area contributed by atoms with E-state index >= 15 is 0 Å². The van der Waals surface area contributed by atoms with E-state index in [4.69, 9.17) is 10.5 Å². The smallest absolute Gasteiger partial charge is 0.120 e. The predicted octanol–water partition coefficient (Wildman–Crippen LogP) is 2.19. The molecule has 0 aliphatic carbocycles. The SMILES string of the molecule is CCN1CCCC1CN(C)Cc1ccc(OC)cc1N. The van der Waals surface area contributed by atoms with Gasteiger partial charge in [-0.2, -0.15) is 0 Å². The van der Waals surface area contributed by atoms with Gasteiger partial charge in [-0.3, -0.25) is 4.90 Å². The molecule has 1 atom stereocenters. The van der Waals surface area contributed by atoms with E-state index in [0.29, 0.717) is 6.04 Å². The fraction of sp³-hybridized carbons (Fsp3) is 0.625. The maximum atomic E-state index is 6.09. The molecule has 1 fully saturated rings. The van der Waals surface area contributed by atoms with E-state index in [1.807, 2.05) is 12.1 Å². The number of methoxy groups -OCH3 is 1. The molecule has 1 aliphatic rings. The van der Waals surface area contributed by atoms with Gasteiger partial charge in [0, 0.05) is 30.9 Å². The number of benzene rings is 1. The predicted molar refractivity (Wildman–Crippen MR) is 84.0 cm³/mol. The number of nitrogens with two attached hydrogens (primary N) is 1. The number of hydrogen-bond acceptors (Lipinski definition) is 4. The maximum Gasteiger partial charge on any atom is 0.120 e. The molecular weight excluding hydrogens is 250 g/mol. The highest BCUT2D eigenvalue weighted by molar-refractivity contribution is 5.51. The van der Waals surface area contributed by atoms with Crippen LogP contribution in [-0.2, 0) is 6.54 Å². The highest BCUT2D eigenvalue weighted by Crippen LogP contribution is 2.22. The lowest BCUT2D eigenvalue weighted by Crippen LogP contribution is -2.38. The van der Waals surface area contributed by atoms with Crippen LogP contribution in [0.15, 0.2) is 18.2 Å². The van der Waals surface area contributed by atoms with Gasteiger partial charge >= 0.3 is 0 Å². The number of likely N-dealkylation sites (tertiary alicyclic amines) is 1. The third kappa shape index (κ3) is 3.64. The number of likely N-dealkylation sites (N-methyl/N-ethyl adjacent to an activating group) is 2. The van der Waals surface area contributed by atoms with Gasteiger partial charge in [0.1, 0.15) is 5.75 Å². The van der Waals surface area contributed by atoms with Crippen molar-refractivity contribution in [2.75, 3.05) is 39.5 Å². The van der Waals surface area contributed by atoms with Crippen LogP contribution in [0.5, 0.6) is 5.75 Å². The zero-order valence-corrected chi connectivity index (χ0v) is 12.9. The largest absolute Gasteiger partial charge is 0.497 e. The minimum atomic E-state index is 0.699. The number of rotatable bonds is 6. The Morgan fingerprint density at radius 1 is 1.45 bits per heavy atom. The number of anilines is 1. The molecule has 4 heteroatoms. The number of nitrogen functional groups attached to an aromatic ring is 1. The second-order valence-corrected chi connectivity index (χ2v) is 5.69.